The van der Waals surface area contributed by atoms with Gasteiger partial charge in [-0.3, -0.25) is 14.9 Å². The molecular formula is C15H14N2O4S. The van der Waals surface area contributed by atoms with E-state index in [2.05, 4.69) is 5.32 Å². The molecule has 2 rings (SSSR count). The monoisotopic (exact) mass is 318 g/mol. The Balaban J connectivity index is 2.20. The summed E-state index contributed by atoms with van der Waals surface area (Å²) in [6.45, 7) is 0. The second kappa shape index (κ2) is 7.46. The van der Waals surface area contributed by atoms with Gasteiger partial charge in [-0.05, 0) is 11.6 Å². The van der Waals surface area contributed by atoms with Crippen molar-refractivity contribution in [2.75, 3.05) is 11.1 Å². The maximum absolute atomic E-state index is 10.8. The fourth-order valence-corrected chi connectivity index (χ4v) is 2.74. The van der Waals surface area contributed by atoms with Crippen molar-refractivity contribution in [1.29, 1.82) is 0 Å². The van der Waals surface area contributed by atoms with Gasteiger partial charge in [-0.1, -0.05) is 36.4 Å². The van der Waals surface area contributed by atoms with Crippen molar-refractivity contribution in [3.05, 3.63) is 70.3 Å². The smallest absolute Gasteiger partial charge is 0.313 e. The number of hydrogen-bond donors (Lipinski definition) is 2. The molecular weight excluding hydrogens is 304 g/mol. The van der Waals surface area contributed by atoms with Gasteiger partial charge in [-0.25, -0.2) is 0 Å². The molecule has 0 spiro atoms. The zero-order valence-corrected chi connectivity index (χ0v) is 12.3. The van der Waals surface area contributed by atoms with E-state index >= 15 is 0 Å². The summed E-state index contributed by atoms with van der Waals surface area (Å²) in [5.74, 6) is -0.978. The summed E-state index contributed by atoms with van der Waals surface area (Å²) in [6.07, 6.45) is 0. The number of nitro groups is 1. The number of benzene rings is 2. The average Bonchev–Trinajstić information content (AvgIpc) is 2.52. The number of nitrogens with one attached hydrogen (secondary N) is 1. The number of carboxylic acids is 1. The van der Waals surface area contributed by atoms with E-state index in [1.165, 1.54) is 23.9 Å². The van der Waals surface area contributed by atoms with E-state index in [-0.39, 0.29) is 16.8 Å². The minimum absolute atomic E-state index is 0.0138. The molecule has 0 saturated carbocycles. The Morgan fingerprint density at radius 1 is 1.23 bits per heavy atom. The van der Waals surface area contributed by atoms with Crippen LogP contribution in [0.25, 0.3) is 0 Å². The molecule has 7 heteroatoms. The number of carbonyl (C=O) groups is 1. The number of anilines is 1. The molecule has 2 N–H and O–H groups in total. The lowest BCUT2D eigenvalue weighted by atomic mass is 10.2. The number of aliphatic carboxylic acids is 1. The zero-order valence-electron chi connectivity index (χ0n) is 11.5. The van der Waals surface area contributed by atoms with Gasteiger partial charge in [0, 0.05) is 17.8 Å². The predicted molar refractivity (Wildman–Crippen MR) is 86.0 cm³/mol. The predicted octanol–water partition coefficient (Wildman–Crippen LogP) is 3.52. The molecule has 0 radical (unpaired) electrons. The molecule has 6 nitrogen and oxygen atoms in total. The van der Waals surface area contributed by atoms with Crippen LogP contribution in [0.3, 0.4) is 0 Å². The number of hydrogen-bond acceptors (Lipinski definition) is 5. The first kappa shape index (κ1) is 15.8. The first-order chi connectivity index (χ1) is 10.6. The standard InChI is InChI=1S/C15H14N2O4S/c18-14(19)10-22-15(11-5-2-1-3-6-11)16-12-7-4-8-13(9-12)17(20)21/h1-9,15-16H,10H2,(H,18,19)/t15-/m0/s1. The molecule has 0 unspecified atom stereocenters. The Morgan fingerprint density at radius 2 is 1.95 bits per heavy atom. The molecule has 0 heterocycles. The van der Waals surface area contributed by atoms with Gasteiger partial charge in [0.15, 0.2) is 0 Å². The van der Waals surface area contributed by atoms with Crippen LogP contribution in [-0.2, 0) is 4.79 Å². The highest BCUT2D eigenvalue weighted by atomic mass is 32.2. The second-order valence-electron chi connectivity index (χ2n) is 4.45. The molecule has 2 aromatic rings. The van der Waals surface area contributed by atoms with Crippen molar-refractivity contribution in [3.8, 4) is 0 Å². The number of nitrogens with zero attached hydrogens (tertiary/aromatic N) is 1. The molecule has 0 aliphatic heterocycles. The molecule has 0 bridgehead atoms. The van der Waals surface area contributed by atoms with Crippen LogP contribution in [0.1, 0.15) is 10.9 Å². The van der Waals surface area contributed by atoms with Crippen molar-refractivity contribution >= 4 is 29.1 Å². The Bertz CT molecular complexity index is 664. The minimum atomic E-state index is -0.910. The highest BCUT2D eigenvalue weighted by Gasteiger charge is 2.15. The molecule has 0 amide bonds. The van der Waals surface area contributed by atoms with Crippen molar-refractivity contribution in [1.82, 2.24) is 0 Å². The van der Waals surface area contributed by atoms with E-state index in [0.29, 0.717) is 5.69 Å². The average molecular weight is 318 g/mol. The molecule has 1 atom stereocenters. The lowest BCUT2D eigenvalue weighted by Gasteiger charge is -2.19. The van der Waals surface area contributed by atoms with E-state index in [0.717, 1.165) is 5.56 Å². The first-order valence-electron chi connectivity index (χ1n) is 6.45. The molecule has 114 valence electrons. The normalized spacial score (nSPS) is 11.6. The highest BCUT2D eigenvalue weighted by Crippen LogP contribution is 2.31. The van der Waals surface area contributed by atoms with Gasteiger partial charge in [-0.2, -0.15) is 0 Å². The van der Waals surface area contributed by atoms with Gasteiger partial charge in [0.2, 0.25) is 0 Å². The van der Waals surface area contributed by atoms with E-state index in [4.69, 9.17) is 5.11 Å². The van der Waals surface area contributed by atoms with Crippen molar-refractivity contribution < 1.29 is 14.8 Å². The Morgan fingerprint density at radius 3 is 2.59 bits per heavy atom. The van der Waals surface area contributed by atoms with E-state index in [1.807, 2.05) is 30.3 Å². The maximum atomic E-state index is 10.8. The number of carboxylic acid groups (broad SMARTS) is 1. The van der Waals surface area contributed by atoms with Crippen LogP contribution in [0.2, 0.25) is 0 Å². The van der Waals surface area contributed by atoms with E-state index in [1.54, 1.807) is 12.1 Å². The number of non-ortho nitro benzene ring substituents is 1. The number of nitro benzene ring substituents is 1. The van der Waals surface area contributed by atoms with Gasteiger partial charge < -0.3 is 10.4 Å². The third kappa shape index (κ3) is 4.49. The Labute approximate surface area is 131 Å². The Kier molecular flexibility index (Phi) is 5.37. The molecule has 0 fully saturated rings. The van der Waals surface area contributed by atoms with Crippen LogP contribution in [0, 0.1) is 10.1 Å². The zero-order chi connectivity index (χ0) is 15.9. The molecule has 0 saturated heterocycles. The Hall–Kier alpha value is -2.54. The summed E-state index contributed by atoms with van der Waals surface area (Å²) >= 11 is 1.21. The first-order valence-corrected chi connectivity index (χ1v) is 7.50. The number of rotatable bonds is 7. The number of thioether (sulfide) groups is 1. The van der Waals surface area contributed by atoms with Gasteiger partial charge in [-0.15, -0.1) is 11.8 Å². The fourth-order valence-electron chi connectivity index (χ4n) is 1.86. The topological polar surface area (TPSA) is 92.5 Å². The van der Waals surface area contributed by atoms with E-state index < -0.39 is 10.9 Å². The highest BCUT2D eigenvalue weighted by molar-refractivity contribution is 8.00. The van der Waals surface area contributed by atoms with Crippen LogP contribution >= 0.6 is 11.8 Å². The maximum Gasteiger partial charge on any atom is 0.313 e. The minimum Gasteiger partial charge on any atom is -0.481 e. The molecule has 22 heavy (non-hydrogen) atoms. The SMILES string of the molecule is O=C(O)CS[C@H](Nc1cccc([N+](=O)[O-])c1)c1ccccc1. The fraction of sp³-hybridized carbons (Fsp3) is 0.133. The summed E-state index contributed by atoms with van der Waals surface area (Å²) in [4.78, 5) is 21.1. The lowest BCUT2D eigenvalue weighted by molar-refractivity contribution is -0.384. The van der Waals surface area contributed by atoms with Crippen LogP contribution in [0.15, 0.2) is 54.6 Å². The summed E-state index contributed by atoms with van der Waals surface area (Å²) in [6, 6.07) is 15.5. The molecule has 0 aromatic heterocycles. The lowest BCUT2D eigenvalue weighted by Crippen LogP contribution is -2.10. The van der Waals surface area contributed by atoms with Gasteiger partial charge in [0.1, 0.15) is 0 Å². The molecule has 0 aliphatic rings. The largest absolute Gasteiger partial charge is 0.481 e. The third-order valence-electron chi connectivity index (χ3n) is 2.83. The van der Waals surface area contributed by atoms with Crippen molar-refractivity contribution in [2.45, 2.75) is 5.37 Å². The van der Waals surface area contributed by atoms with E-state index in [9.17, 15) is 14.9 Å². The van der Waals surface area contributed by atoms with Gasteiger partial charge in [0.25, 0.3) is 5.69 Å². The third-order valence-corrected chi connectivity index (χ3v) is 3.97. The summed E-state index contributed by atoms with van der Waals surface area (Å²) in [5.41, 5.74) is 1.46. The second-order valence-corrected chi connectivity index (χ2v) is 5.54. The molecule has 2 aromatic carbocycles. The van der Waals surface area contributed by atoms with Crippen LogP contribution in [-0.4, -0.2) is 21.8 Å². The van der Waals surface area contributed by atoms with Crippen LogP contribution < -0.4 is 5.32 Å². The quantitative estimate of drug-likeness (QED) is 0.461. The van der Waals surface area contributed by atoms with Crippen LogP contribution in [0.5, 0.6) is 0 Å². The van der Waals surface area contributed by atoms with Crippen LogP contribution in [0.4, 0.5) is 11.4 Å². The van der Waals surface area contributed by atoms with Crippen molar-refractivity contribution in [3.63, 3.8) is 0 Å². The van der Waals surface area contributed by atoms with Gasteiger partial charge in [0.05, 0.1) is 16.1 Å². The van der Waals surface area contributed by atoms with Gasteiger partial charge >= 0.3 is 5.97 Å². The molecule has 0 aliphatic carbocycles. The summed E-state index contributed by atoms with van der Waals surface area (Å²) in [7, 11) is 0. The summed E-state index contributed by atoms with van der Waals surface area (Å²) < 4.78 is 0. The summed E-state index contributed by atoms with van der Waals surface area (Å²) in [5, 5.41) is 22.5. The van der Waals surface area contributed by atoms with Crippen molar-refractivity contribution in [2.24, 2.45) is 0 Å².